The summed E-state index contributed by atoms with van der Waals surface area (Å²) in [6.45, 7) is 3.05. The number of likely N-dealkylation sites (N-methyl/N-ethyl adjacent to an activating group) is 1. The lowest BCUT2D eigenvalue weighted by Gasteiger charge is -2.32. The number of carbonyl (C=O) groups is 3. The summed E-state index contributed by atoms with van der Waals surface area (Å²) in [7, 11) is 3.61. The van der Waals surface area contributed by atoms with E-state index in [1.54, 1.807) is 30.1 Å². The van der Waals surface area contributed by atoms with Crippen LogP contribution in [0.1, 0.15) is 97.9 Å². The number of likely N-dealkylation sites (tertiary alicyclic amines) is 1. The number of anilines is 2. The Morgan fingerprint density at radius 3 is 2.64 bits per heavy atom. The van der Waals surface area contributed by atoms with Crippen molar-refractivity contribution in [3.05, 3.63) is 70.2 Å². The molecule has 10 rings (SSSR count). The molecule has 3 amide bonds. The predicted molar refractivity (Wildman–Crippen MR) is 229 cm³/mol. The predicted octanol–water partition coefficient (Wildman–Crippen LogP) is 3.35. The molecule has 4 saturated heterocycles. The molecule has 3 N–H and O–H groups in total. The summed E-state index contributed by atoms with van der Waals surface area (Å²) >= 11 is 0. The first-order chi connectivity index (χ1) is 30.9. The van der Waals surface area contributed by atoms with Gasteiger partial charge in [-0.05, 0) is 57.4 Å². The van der Waals surface area contributed by atoms with E-state index >= 15 is 0 Å². The molecule has 4 aromatic heterocycles. The number of aromatic nitrogens is 7. The summed E-state index contributed by atoms with van der Waals surface area (Å²) in [5.74, 6) is 5.47. The molecule has 5 aliphatic rings. The molecule has 1 saturated carbocycles. The van der Waals surface area contributed by atoms with Gasteiger partial charge in [0.25, 0.3) is 12.3 Å². The van der Waals surface area contributed by atoms with Crippen molar-refractivity contribution >= 4 is 45.9 Å². The highest BCUT2D eigenvalue weighted by molar-refractivity contribution is 6.08. The largest absolute Gasteiger partial charge is 0.389 e. The SMILES string of the molecule is CN1CCC(OCC#Cc2cccc3c2n(C)c(=O)n3C2CCC(=O)NC2=O)C(O)C1.O=C(Nc1cn(C2CCCCC2)nc1C(F)F)c1cnn2ccc(N3CC4C[C@@H]3CO4)nc12. The van der Waals surface area contributed by atoms with Gasteiger partial charge < -0.3 is 29.7 Å². The van der Waals surface area contributed by atoms with Crippen LogP contribution in [-0.2, 0) is 26.1 Å². The molecule has 8 heterocycles. The van der Waals surface area contributed by atoms with Crippen LogP contribution < -0.4 is 21.2 Å². The number of β-amino-alcohol motifs (C(OH)–C–C–N with tert-alkyl or cyclic N) is 1. The fraction of sp³-hybridized carbons (Fsp3) is 0.523. The maximum atomic E-state index is 13.7. The minimum Gasteiger partial charge on any atom is -0.389 e. The van der Waals surface area contributed by atoms with Gasteiger partial charge in [0.2, 0.25) is 11.8 Å². The van der Waals surface area contributed by atoms with E-state index in [1.165, 1.54) is 26.0 Å². The van der Waals surface area contributed by atoms with Crippen LogP contribution in [0.3, 0.4) is 0 Å². The molecule has 0 spiro atoms. The summed E-state index contributed by atoms with van der Waals surface area (Å²) in [5, 5.41) is 23.4. The number of aryl methyl sites for hydroxylation is 1. The maximum absolute atomic E-state index is 13.7. The number of fused-ring (bicyclic) bond motifs is 4. The number of hydrogen-bond donors (Lipinski definition) is 3. The van der Waals surface area contributed by atoms with Crippen LogP contribution in [0.15, 0.2) is 47.7 Å². The first-order valence-corrected chi connectivity index (χ1v) is 21.9. The smallest absolute Gasteiger partial charge is 0.329 e. The second kappa shape index (κ2) is 18.2. The molecule has 4 unspecified atom stereocenters. The molecule has 4 aliphatic heterocycles. The number of aliphatic hydroxyl groups is 1. The van der Waals surface area contributed by atoms with Gasteiger partial charge in [-0.3, -0.25) is 33.5 Å². The van der Waals surface area contributed by atoms with Gasteiger partial charge in [-0.2, -0.15) is 10.2 Å². The lowest BCUT2D eigenvalue weighted by Crippen LogP contribution is -2.46. The first kappa shape index (κ1) is 43.3. The highest BCUT2D eigenvalue weighted by Gasteiger charge is 2.40. The number of alkyl halides is 2. The molecule has 5 aromatic rings. The van der Waals surface area contributed by atoms with Gasteiger partial charge in [0.05, 0.1) is 65.5 Å². The summed E-state index contributed by atoms with van der Waals surface area (Å²) in [6.07, 6.45) is 8.62. The van der Waals surface area contributed by atoms with Gasteiger partial charge in [-0.15, -0.1) is 0 Å². The van der Waals surface area contributed by atoms with E-state index in [2.05, 4.69) is 47.5 Å². The molecular formula is C44H51F2N11O7. The highest BCUT2D eigenvalue weighted by atomic mass is 19.3. The Bertz CT molecular complexity index is 2690. The van der Waals surface area contributed by atoms with E-state index in [0.29, 0.717) is 35.4 Å². The molecule has 20 heteroatoms. The summed E-state index contributed by atoms with van der Waals surface area (Å²) in [6, 6.07) is 6.88. The second-order valence-corrected chi connectivity index (χ2v) is 17.2. The number of rotatable bonds is 8. The Kier molecular flexibility index (Phi) is 12.3. The number of aliphatic hydroxyl groups excluding tert-OH is 1. The van der Waals surface area contributed by atoms with Gasteiger partial charge in [0.1, 0.15) is 24.0 Å². The van der Waals surface area contributed by atoms with E-state index in [4.69, 9.17) is 9.47 Å². The zero-order valence-electron chi connectivity index (χ0n) is 35.7. The Labute approximate surface area is 366 Å². The number of nitrogens with zero attached hydrogens (tertiary/aromatic N) is 9. The van der Waals surface area contributed by atoms with Crippen LogP contribution in [0, 0.1) is 11.8 Å². The number of para-hydroxylation sites is 1. The summed E-state index contributed by atoms with van der Waals surface area (Å²) in [5.41, 5.74) is 1.77. The van der Waals surface area contributed by atoms with E-state index < -0.39 is 36.1 Å². The van der Waals surface area contributed by atoms with Crippen molar-refractivity contribution in [1.29, 1.82) is 0 Å². The van der Waals surface area contributed by atoms with Crippen molar-refractivity contribution in [3.63, 3.8) is 0 Å². The van der Waals surface area contributed by atoms with Crippen molar-refractivity contribution in [2.75, 3.05) is 50.1 Å². The second-order valence-electron chi connectivity index (χ2n) is 17.2. The fourth-order valence-electron chi connectivity index (χ4n) is 9.56. The topological polar surface area (TPSA) is 195 Å². The number of ether oxygens (including phenoxy) is 2. The van der Waals surface area contributed by atoms with Gasteiger partial charge in [-0.25, -0.2) is 23.1 Å². The molecule has 5 fully saturated rings. The summed E-state index contributed by atoms with van der Waals surface area (Å²) in [4.78, 5) is 58.8. The monoisotopic (exact) mass is 883 g/mol. The van der Waals surface area contributed by atoms with Crippen LogP contribution >= 0.6 is 0 Å². The molecule has 64 heavy (non-hydrogen) atoms. The average molecular weight is 884 g/mol. The molecule has 1 aromatic carbocycles. The number of carbonyl (C=O) groups excluding carboxylic acids is 3. The highest BCUT2D eigenvalue weighted by Crippen LogP contribution is 2.34. The number of imide groups is 1. The number of nitrogens with one attached hydrogen (secondary N) is 2. The molecule has 0 radical (unpaired) electrons. The van der Waals surface area contributed by atoms with E-state index in [0.717, 1.165) is 63.9 Å². The van der Waals surface area contributed by atoms with Crippen molar-refractivity contribution in [3.8, 4) is 11.8 Å². The Morgan fingerprint density at radius 2 is 1.91 bits per heavy atom. The lowest BCUT2D eigenvalue weighted by atomic mass is 9.96. The minimum atomic E-state index is -2.79. The third-order valence-corrected chi connectivity index (χ3v) is 12.9. The maximum Gasteiger partial charge on any atom is 0.329 e. The van der Waals surface area contributed by atoms with E-state index in [9.17, 15) is 33.1 Å². The van der Waals surface area contributed by atoms with Crippen LogP contribution in [0.5, 0.6) is 0 Å². The number of imidazole rings is 1. The number of hydrogen-bond acceptors (Lipinski definition) is 12. The number of piperidine rings is 2. The zero-order chi connectivity index (χ0) is 44.6. The first-order valence-electron chi connectivity index (χ1n) is 21.9. The molecular weight excluding hydrogens is 833 g/mol. The third-order valence-electron chi connectivity index (χ3n) is 12.9. The molecule has 2 bridgehead atoms. The third kappa shape index (κ3) is 8.64. The quantitative estimate of drug-likeness (QED) is 0.152. The van der Waals surface area contributed by atoms with E-state index in [1.807, 2.05) is 19.2 Å². The van der Waals surface area contributed by atoms with Crippen LogP contribution in [0.25, 0.3) is 16.7 Å². The standard InChI is InChI=1S/C22H25F2N7O2.C22H26N4O5/c23-20(24)19-17(11-31(28-19)13-4-2-1-3-5-13)26-22(32)16-9-25-30-7-6-18(27-21(16)30)29-10-15-8-14(29)12-33-15;1-24-11-10-18(17(27)13-24)31-12-4-6-14-5-3-7-15-20(14)25(2)22(30)26(15)16-8-9-19(28)23-21(16)29/h6-7,9,11,13-15,20H,1-5,8,10,12H2,(H,26,32);3,5,7,16-18,27H,8-13H2,1-2H3,(H,23,28,29)/t14-,15?;/m1./s1. The minimum absolute atomic E-state index is 0.0325. The Morgan fingerprint density at radius 1 is 1.08 bits per heavy atom. The Balaban J connectivity index is 0.000000162. The van der Waals surface area contributed by atoms with Crippen LogP contribution in [-0.4, -0.2) is 125 Å². The lowest BCUT2D eigenvalue weighted by molar-refractivity contribution is -0.135. The van der Waals surface area contributed by atoms with Gasteiger partial charge in [0.15, 0.2) is 11.3 Å². The van der Waals surface area contributed by atoms with Crippen molar-refractivity contribution in [2.24, 2.45) is 7.05 Å². The average Bonchev–Trinajstić information content (AvgIpc) is 4.14. The van der Waals surface area contributed by atoms with Crippen molar-refractivity contribution < 1.29 is 37.7 Å². The molecule has 18 nitrogen and oxygen atoms in total. The van der Waals surface area contributed by atoms with Gasteiger partial charge in [0, 0.05) is 45.5 Å². The number of halogens is 2. The zero-order valence-corrected chi connectivity index (χ0v) is 35.7. The number of morpholine rings is 1. The molecule has 338 valence electrons. The number of benzene rings is 1. The van der Waals surface area contributed by atoms with Crippen LogP contribution in [0.2, 0.25) is 0 Å². The van der Waals surface area contributed by atoms with Crippen LogP contribution in [0.4, 0.5) is 20.3 Å². The normalized spacial score (nSPS) is 23.9. The van der Waals surface area contributed by atoms with E-state index in [-0.39, 0.29) is 66.6 Å². The van der Waals surface area contributed by atoms with Crippen molar-refractivity contribution in [2.45, 2.75) is 101 Å². The molecule has 5 atom stereocenters. The fourth-order valence-corrected chi connectivity index (χ4v) is 9.56. The van der Waals surface area contributed by atoms with Gasteiger partial charge >= 0.3 is 5.69 Å². The van der Waals surface area contributed by atoms with Crippen molar-refractivity contribution in [1.82, 2.24) is 43.7 Å². The van der Waals surface area contributed by atoms with Gasteiger partial charge in [-0.1, -0.05) is 37.2 Å². The number of amides is 3. The molecule has 1 aliphatic carbocycles. The Hall–Kier alpha value is -6.01. The summed E-state index contributed by atoms with van der Waals surface area (Å²) < 4.78 is 44.8.